The van der Waals surface area contributed by atoms with Crippen LogP contribution in [0.4, 0.5) is 0 Å². The number of aromatic amines is 1. The van der Waals surface area contributed by atoms with Crippen molar-refractivity contribution in [2.45, 2.75) is 24.2 Å². The lowest BCUT2D eigenvalue weighted by Crippen LogP contribution is -2.10. The first-order valence-corrected chi connectivity index (χ1v) is 8.57. The first kappa shape index (κ1) is 10.2. The Bertz CT molecular complexity index is 1140. The van der Waals surface area contributed by atoms with Gasteiger partial charge in [0.25, 0.3) is 0 Å². The van der Waals surface area contributed by atoms with Gasteiger partial charge in [0, 0.05) is 45.7 Å². The number of hydrogen-bond donors (Lipinski definition) is 1. The van der Waals surface area contributed by atoms with Crippen LogP contribution in [0, 0.1) is 6.92 Å². The molecule has 2 heterocycles. The van der Waals surface area contributed by atoms with Crippen LogP contribution >= 0.6 is 0 Å². The molecule has 3 rings (SSSR count). The zero-order valence-corrected chi connectivity index (χ0v) is 14.4. The molecule has 7 heteroatoms. The number of imidazole rings is 1. The van der Waals surface area contributed by atoms with Gasteiger partial charge < -0.3 is 14.0 Å². The maximum atomic E-state index is 12.9. The topological polar surface area (TPSA) is 83.1 Å². The number of fused-ring (bicyclic) bond motifs is 1. The van der Waals surface area contributed by atoms with Crippen molar-refractivity contribution in [3.63, 3.8) is 0 Å². The highest BCUT2D eigenvalue weighted by molar-refractivity contribution is 7.90. The molecule has 0 saturated carbocycles. The molecule has 0 spiro atoms. The number of nitrogens with one attached hydrogen (secondary N) is 1. The first-order valence-electron chi connectivity index (χ1n) is 11.3. The SMILES string of the molecule is [2H]c1nc(C[S+]([O-])c2nc3ccccc3[nH]2)c(C)c(OC([2H])([2H])C([2H])([2H])C([2H])([2H])OC)c1[2H]. The third-order valence-corrected chi connectivity index (χ3v) is 4.50. The molecule has 0 radical (unpaired) electrons. The molecule has 1 aromatic carbocycles. The summed E-state index contributed by atoms with van der Waals surface area (Å²) in [5.41, 5.74) is 1.43. The fourth-order valence-corrected chi connectivity index (χ4v) is 3.17. The van der Waals surface area contributed by atoms with Crippen molar-refractivity contribution in [3.05, 3.63) is 47.7 Å². The first-order chi connectivity index (χ1) is 15.2. The van der Waals surface area contributed by atoms with Gasteiger partial charge in [-0.1, -0.05) is 12.1 Å². The van der Waals surface area contributed by atoms with Crippen LogP contribution in [0.15, 0.2) is 41.6 Å². The third-order valence-electron chi connectivity index (χ3n) is 3.34. The third kappa shape index (κ3) is 4.31. The van der Waals surface area contributed by atoms with E-state index in [2.05, 4.69) is 19.7 Å². The molecular weight excluding hydrogens is 338 g/mol. The van der Waals surface area contributed by atoms with Gasteiger partial charge in [0.15, 0.2) is 5.75 Å². The summed E-state index contributed by atoms with van der Waals surface area (Å²) >= 11 is -1.73. The van der Waals surface area contributed by atoms with Gasteiger partial charge in [-0.25, -0.2) is 0 Å². The molecule has 132 valence electrons. The van der Waals surface area contributed by atoms with Crippen molar-refractivity contribution in [1.29, 1.82) is 0 Å². The molecule has 1 N–H and O–H groups in total. The highest BCUT2D eigenvalue weighted by atomic mass is 32.2. The Kier molecular flexibility index (Phi) is 3.38. The number of pyridine rings is 1. The number of rotatable bonds is 8. The second kappa shape index (κ2) is 8.33. The Hall–Kier alpha value is -2.09. The van der Waals surface area contributed by atoms with E-state index >= 15 is 0 Å². The molecule has 6 nitrogen and oxygen atoms in total. The van der Waals surface area contributed by atoms with Crippen LogP contribution in [0.5, 0.6) is 5.75 Å². The number of aromatic nitrogens is 3. The number of nitrogens with zero attached hydrogens (tertiary/aromatic N) is 2. The molecule has 0 bridgehead atoms. The minimum atomic E-state index is -3.30. The average molecular weight is 367 g/mol. The summed E-state index contributed by atoms with van der Waals surface area (Å²) in [7, 11) is 0.884. The lowest BCUT2D eigenvalue weighted by molar-refractivity contribution is 0.172. The van der Waals surface area contributed by atoms with Crippen LogP contribution in [-0.2, 0) is 21.7 Å². The van der Waals surface area contributed by atoms with Gasteiger partial charge in [-0.3, -0.25) is 9.97 Å². The summed E-state index contributed by atoms with van der Waals surface area (Å²) in [4.78, 5) is 11.2. The van der Waals surface area contributed by atoms with Gasteiger partial charge in [0.1, 0.15) is 5.75 Å². The van der Waals surface area contributed by atoms with Gasteiger partial charge in [-0.05, 0) is 25.1 Å². The van der Waals surface area contributed by atoms with E-state index in [1.165, 1.54) is 6.92 Å². The summed E-state index contributed by atoms with van der Waals surface area (Å²) < 4.78 is 85.5. The standard InChI is InChI=1S/C18H21N3O3S/c1-13-16(19-9-8-17(13)24-11-5-10-23-2)12-25(22)18-20-14-6-3-4-7-15(14)21-18/h3-4,6-9H,5,10-12H2,1-2H3,(H,20,21)/i5D2,8D,9D,10D2,11D2. The zero-order chi connectivity index (χ0) is 24.8. The quantitative estimate of drug-likeness (QED) is 0.619. The largest absolute Gasteiger partial charge is 0.609 e. The van der Waals surface area contributed by atoms with E-state index in [1.807, 2.05) is 0 Å². The van der Waals surface area contributed by atoms with Crippen LogP contribution in [0.25, 0.3) is 11.0 Å². The number of methoxy groups -OCH3 is 1. The normalized spacial score (nSPS) is 18.8. The smallest absolute Gasteiger partial charge is 0.322 e. The van der Waals surface area contributed by atoms with Crippen LogP contribution in [0.2, 0.25) is 0 Å². The van der Waals surface area contributed by atoms with Gasteiger partial charge in [0.05, 0.1) is 31.5 Å². The van der Waals surface area contributed by atoms with Crippen molar-refractivity contribution >= 4 is 22.2 Å². The molecule has 2 aromatic heterocycles. The molecule has 3 aromatic rings. The van der Waals surface area contributed by atoms with Crippen LogP contribution in [0.3, 0.4) is 0 Å². The Morgan fingerprint density at radius 2 is 2.20 bits per heavy atom. The molecule has 0 aliphatic heterocycles. The fraction of sp³-hybridized carbons (Fsp3) is 0.333. The highest BCUT2D eigenvalue weighted by Crippen LogP contribution is 2.24. The van der Waals surface area contributed by atoms with E-state index in [9.17, 15) is 4.55 Å². The summed E-state index contributed by atoms with van der Waals surface area (Å²) in [6.45, 7) is -4.95. The summed E-state index contributed by atoms with van der Waals surface area (Å²) in [6.07, 6.45) is -3.89. The summed E-state index contributed by atoms with van der Waals surface area (Å²) in [6, 6.07) is 6.46. The van der Waals surface area contributed by atoms with Crippen LogP contribution < -0.4 is 4.74 Å². The Morgan fingerprint density at radius 3 is 3.00 bits per heavy atom. The van der Waals surface area contributed by atoms with Crippen molar-refractivity contribution in [2.24, 2.45) is 0 Å². The number of hydrogen-bond acceptors (Lipinski definition) is 5. The predicted molar refractivity (Wildman–Crippen MR) is 97.2 cm³/mol. The van der Waals surface area contributed by atoms with Gasteiger partial charge in [-0.2, -0.15) is 4.98 Å². The second-order valence-electron chi connectivity index (χ2n) is 4.93. The van der Waals surface area contributed by atoms with E-state index in [0.29, 0.717) is 11.0 Å². The molecule has 1 atom stereocenters. The van der Waals surface area contributed by atoms with Crippen molar-refractivity contribution < 1.29 is 25.0 Å². The molecule has 1 unspecified atom stereocenters. The molecule has 0 amide bonds. The summed E-state index contributed by atoms with van der Waals surface area (Å²) in [5, 5.41) is 0.168. The fourth-order valence-electron chi connectivity index (χ4n) is 2.08. The predicted octanol–water partition coefficient (Wildman–Crippen LogP) is 2.99. The Morgan fingerprint density at radius 1 is 1.36 bits per heavy atom. The van der Waals surface area contributed by atoms with E-state index in [-0.39, 0.29) is 22.2 Å². The lowest BCUT2D eigenvalue weighted by atomic mass is 10.2. The van der Waals surface area contributed by atoms with Gasteiger partial charge in [0.2, 0.25) is 0 Å². The van der Waals surface area contributed by atoms with E-state index in [0.717, 1.165) is 7.11 Å². The minimum Gasteiger partial charge on any atom is -0.609 e. The monoisotopic (exact) mass is 367 g/mol. The average Bonchev–Trinajstić information content (AvgIpc) is 3.19. The number of ether oxygens (including phenoxy) is 2. The van der Waals surface area contributed by atoms with E-state index in [1.54, 1.807) is 24.3 Å². The molecule has 0 aliphatic rings. The number of para-hydroxylation sites is 2. The highest BCUT2D eigenvalue weighted by Gasteiger charge is 2.20. The maximum absolute atomic E-state index is 12.9. The maximum Gasteiger partial charge on any atom is 0.322 e. The number of H-pyrrole nitrogens is 1. The molecular formula is C18H21N3O3S. The van der Waals surface area contributed by atoms with Crippen molar-refractivity contribution in [2.75, 3.05) is 20.2 Å². The molecule has 0 fully saturated rings. The van der Waals surface area contributed by atoms with Gasteiger partial charge in [-0.15, -0.1) is 0 Å². The number of benzene rings is 1. The summed E-state index contributed by atoms with van der Waals surface area (Å²) in [5.74, 6) is -0.740. The van der Waals surface area contributed by atoms with Crippen molar-refractivity contribution in [1.82, 2.24) is 15.0 Å². The Balaban J connectivity index is 1.95. The molecule has 0 aliphatic carbocycles. The second-order valence-corrected chi connectivity index (χ2v) is 6.30. The zero-order valence-electron chi connectivity index (χ0n) is 21.5. The van der Waals surface area contributed by atoms with Crippen molar-refractivity contribution in [3.8, 4) is 5.75 Å². The van der Waals surface area contributed by atoms with Gasteiger partial charge >= 0.3 is 5.16 Å². The van der Waals surface area contributed by atoms with Crippen LogP contribution in [0.1, 0.15) is 28.6 Å². The molecule has 0 saturated heterocycles. The lowest BCUT2D eigenvalue weighted by Gasteiger charge is -2.12. The minimum absolute atomic E-state index is 0.0657. The van der Waals surface area contributed by atoms with Crippen LogP contribution in [-0.4, -0.2) is 39.7 Å². The molecule has 25 heavy (non-hydrogen) atoms. The Labute approximate surface area is 161 Å². The van der Waals surface area contributed by atoms with E-state index in [4.69, 9.17) is 15.7 Å². The van der Waals surface area contributed by atoms with E-state index < -0.39 is 48.6 Å².